The van der Waals surface area contributed by atoms with E-state index in [0.29, 0.717) is 0 Å². The van der Waals surface area contributed by atoms with Crippen LogP contribution in [-0.2, 0) is 16.6 Å². The van der Waals surface area contributed by atoms with E-state index in [2.05, 4.69) is 15.0 Å². The lowest BCUT2D eigenvalue weighted by Crippen LogP contribution is -2.36. The zero-order valence-electron chi connectivity index (χ0n) is 11.2. The lowest BCUT2D eigenvalue weighted by molar-refractivity contribution is -0.141. The van der Waals surface area contributed by atoms with Crippen LogP contribution in [-0.4, -0.2) is 40.4 Å². The lowest BCUT2D eigenvalue weighted by atomic mass is 10.2. The van der Waals surface area contributed by atoms with Gasteiger partial charge in [0.05, 0.1) is 17.5 Å². The number of methoxy groups -OCH3 is 1. The maximum Gasteiger partial charge on any atom is 0.328 e. The summed E-state index contributed by atoms with van der Waals surface area (Å²) in [5.74, 6) is -0.174. The number of anilines is 1. The number of carbonyl (C=O) groups excluding carboxylic acids is 1. The Labute approximate surface area is 115 Å². The Morgan fingerprint density at radius 2 is 2.32 bits per heavy atom. The van der Waals surface area contributed by atoms with Crippen molar-refractivity contribution in [3.63, 3.8) is 0 Å². The summed E-state index contributed by atoms with van der Waals surface area (Å²) in [5, 5.41) is 5.23. The quantitative estimate of drug-likeness (QED) is 0.780. The van der Waals surface area contributed by atoms with Crippen molar-refractivity contribution in [1.82, 2.24) is 14.8 Å². The van der Waals surface area contributed by atoms with Crippen molar-refractivity contribution in [3.05, 3.63) is 5.69 Å². The monoisotopic (exact) mass is 280 g/mol. The van der Waals surface area contributed by atoms with Crippen LogP contribution in [0, 0.1) is 6.92 Å². The van der Waals surface area contributed by atoms with Gasteiger partial charge in [0.1, 0.15) is 6.04 Å². The third-order valence-corrected chi connectivity index (χ3v) is 4.70. The van der Waals surface area contributed by atoms with E-state index >= 15 is 0 Å². The molecule has 1 atom stereocenters. The third kappa shape index (κ3) is 1.88. The summed E-state index contributed by atoms with van der Waals surface area (Å²) in [6, 6.07) is -0.196. The second-order valence-electron chi connectivity index (χ2n) is 4.73. The van der Waals surface area contributed by atoms with E-state index in [9.17, 15) is 4.79 Å². The van der Waals surface area contributed by atoms with E-state index in [1.165, 1.54) is 7.11 Å². The van der Waals surface area contributed by atoms with E-state index in [1.54, 1.807) is 16.0 Å². The first-order valence-corrected chi connectivity index (χ1v) is 7.08. The lowest BCUT2D eigenvalue weighted by Gasteiger charge is -2.21. The highest BCUT2D eigenvalue weighted by molar-refractivity contribution is 7.22. The topological polar surface area (TPSA) is 60.2 Å². The van der Waals surface area contributed by atoms with E-state index in [1.807, 2.05) is 14.0 Å². The van der Waals surface area contributed by atoms with Gasteiger partial charge < -0.3 is 9.64 Å². The van der Waals surface area contributed by atoms with Gasteiger partial charge in [0, 0.05) is 13.6 Å². The number of fused-ring (bicyclic) bond motifs is 1. The van der Waals surface area contributed by atoms with Crippen LogP contribution in [0.15, 0.2) is 0 Å². The molecule has 0 aliphatic carbocycles. The zero-order chi connectivity index (χ0) is 13.6. The molecule has 1 aliphatic rings. The van der Waals surface area contributed by atoms with Crippen molar-refractivity contribution in [1.29, 1.82) is 0 Å². The fraction of sp³-hybridized carbons (Fsp3) is 0.583. The highest BCUT2D eigenvalue weighted by Gasteiger charge is 2.33. The van der Waals surface area contributed by atoms with Gasteiger partial charge in [-0.25, -0.2) is 14.5 Å². The van der Waals surface area contributed by atoms with Crippen LogP contribution in [0.3, 0.4) is 0 Å². The highest BCUT2D eigenvalue weighted by Crippen LogP contribution is 2.34. The summed E-state index contributed by atoms with van der Waals surface area (Å²) in [7, 11) is 3.33. The van der Waals surface area contributed by atoms with Crippen LogP contribution in [0.4, 0.5) is 5.13 Å². The zero-order valence-corrected chi connectivity index (χ0v) is 12.0. The van der Waals surface area contributed by atoms with Gasteiger partial charge in [-0.3, -0.25) is 0 Å². The van der Waals surface area contributed by atoms with E-state index < -0.39 is 0 Å². The second kappa shape index (κ2) is 4.48. The first kappa shape index (κ1) is 12.4. The van der Waals surface area contributed by atoms with Gasteiger partial charge in [-0.05, 0) is 19.8 Å². The van der Waals surface area contributed by atoms with Crippen LogP contribution in [0.5, 0.6) is 0 Å². The first-order chi connectivity index (χ1) is 9.11. The van der Waals surface area contributed by atoms with Gasteiger partial charge in [-0.1, -0.05) is 11.3 Å². The summed E-state index contributed by atoms with van der Waals surface area (Å²) in [6.45, 7) is 2.83. The van der Waals surface area contributed by atoms with Crippen molar-refractivity contribution >= 4 is 32.8 Å². The summed E-state index contributed by atoms with van der Waals surface area (Å²) >= 11 is 1.60. The Hall–Kier alpha value is -1.63. The molecule has 2 aromatic rings. The number of hydrogen-bond acceptors (Lipinski definition) is 6. The smallest absolute Gasteiger partial charge is 0.328 e. The number of nitrogens with zero attached hydrogens (tertiary/aromatic N) is 4. The van der Waals surface area contributed by atoms with Gasteiger partial charge in [0.25, 0.3) is 0 Å². The molecule has 0 aromatic carbocycles. The molecule has 0 N–H and O–H groups in total. The molecule has 0 bridgehead atoms. The Balaban J connectivity index is 1.99. The standard InChI is InChI=1S/C12H16N4O2S/c1-7-9-10(15(2)14-7)13-12(19-9)16-6-4-5-8(16)11(17)18-3/h8H,4-6H2,1-3H3/t8-/m0/s1. The second-order valence-corrected chi connectivity index (χ2v) is 5.71. The molecule has 7 heteroatoms. The molecule has 1 fully saturated rings. The van der Waals surface area contributed by atoms with E-state index in [-0.39, 0.29) is 12.0 Å². The van der Waals surface area contributed by atoms with Crippen molar-refractivity contribution in [2.45, 2.75) is 25.8 Å². The minimum absolute atomic E-state index is 0.174. The number of ether oxygens (including phenoxy) is 1. The highest BCUT2D eigenvalue weighted by atomic mass is 32.1. The van der Waals surface area contributed by atoms with E-state index in [0.717, 1.165) is 40.6 Å². The number of hydrogen-bond donors (Lipinski definition) is 0. The van der Waals surface area contributed by atoms with Crippen LogP contribution < -0.4 is 4.90 Å². The molecule has 0 spiro atoms. The number of carbonyl (C=O) groups is 1. The first-order valence-electron chi connectivity index (χ1n) is 6.26. The van der Waals surface area contributed by atoms with Crippen molar-refractivity contribution in [2.75, 3.05) is 18.6 Å². The Bertz CT molecular complexity index is 598. The summed E-state index contributed by atoms with van der Waals surface area (Å²) in [5.41, 5.74) is 1.86. The SMILES string of the molecule is COC(=O)[C@@H]1CCCN1c1nc2c(s1)c(C)nn2C. The minimum atomic E-state index is -0.196. The third-order valence-electron chi connectivity index (χ3n) is 3.50. The number of aryl methyl sites for hydroxylation is 2. The number of aromatic nitrogens is 3. The molecular weight excluding hydrogens is 264 g/mol. The Morgan fingerprint density at radius 3 is 3.00 bits per heavy atom. The van der Waals surface area contributed by atoms with Crippen LogP contribution >= 0.6 is 11.3 Å². The molecule has 1 saturated heterocycles. The summed E-state index contributed by atoms with van der Waals surface area (Å²) < 4.78 is 7.74. The van der Waals surface area contributed by atoms with Gasteiger partial charge in [0.2, 0.25) is 0 Å². The maximum atomic E-state index is 11.8. The van der Waals surface area contributed by atoms with Crippen molar-refractivity contribution in [3.8, 4) is 0 Å². The largest absolute Gasteiger partial charge is 0.467 e. The molecule has 3 heterocycles. The van der Waals surface area contributed by atoms with E-state index in [4.69, 9.17) is 4.74 Å². The Kier molecular flexibility index (Phi) is 2.93. The molecule has 3 rings (SSSR count). The predicted octanol–water partition coefficient (Wildman–Crippen LogP) is 1.48. The molecule has 102 valence electrons. The molecule has 6 nitrogen and oxygen atoms in total. The Morgan fingerprint density at radius 1 is 1.53 bits per heavy atom. The molecule has 0 radical (unpaired) electrons. The molecule has 1 aliphatic heterocycles. The van der Waals surface area contributed by atoms with Gasteiger partial charge >= 0.3 is 5.97 Å². The molecular formula is C12H16N4O2S. The van der Waals surface area contributed by atoms with Crippen LogP contribution in [0.2, 0.25) is 0 Å². The molecule has 0 unspecified atom stereocenters. The van der Waals surface area contributed by atoms with Gasteiger partial charge in [0.15, 0.2) is 10.8 Å². The minimum Gasteiger partial charge on any atom is -0.467 e. The fourth-order valence-electron chi connectivity index (χ4n) is 2.57. The van der Waals surface area contributed by atoms with Gasteiger partial charge in [-0.15, -0.1) is 0 Å². The van der Waals surface area contributed by atoms with Gasteiger partial charge in [-0.2, -0.15) is 5.10 Å². The van der Waals surface area contributed by atoms with Crippen LogP contribution in [0.25, 0.3) is 10.3 Å². The number of thiazole rings is 1. The van der Waals surface area contributed by atoms with Crippen molar-refractivity contribution < 1.29 is 9.53 Å². The molecule has 19 heavy (non-hydrogen) atoms. The summed E-state index contributed by atoms with van der Waals surface area (Å²) in [6.07, 6.45) is 1.83. The predicted molar refractivity (Wildman–Crippen MR) is 73.5 cm³/mol. The molecule has 0 saturated carbocycles. The summed E-state index contributed by atoms with van der Waals surface area (Å²) in [4.78, 5) is 18.5. The number of esters is 1. The fourth-order valence-corrected chi connectivity index (χ4v) is 3.68. The molecule has 2 aromatic heterocycles. The molecule has 0 amide bonds. The number of rotatable bonds is 2. The normalized spacial score (nSPS) is 19.3. The van der Waals surface area contributed by atoms with Crippen LogP contribution in [0.1, 0.15) is 18.5 Å². The maximum absolute atomic E-state index is 11.8. The average molecular weight is 280 g/mol. The van der Waals surface area contributed by atoms with Crippen molar-refractivity contribution in [2.24, 2.45) is 7.05 Å². The average Bonchev–Trinajstić information content (AvgIpc) is 3.07.